The lowest BCUT2D eigenvalue weighted by atomic mass is 9.80. The zero-order valence-corrected chi connectivity index (χ0v) is 27.4. The van der Waals surface area contributed by atoms with E-state index in [-0.39, 0.29) is 72.7 Å². The molecule has 0 aromatic heterocycles. The Hall–Kier alpha value is -5.53. The van der Waals surface area contributed by atoms with Gasteiger partial charge in [0.2, 0.25) is 17.3 Å². The van der Waals surface area contributed by atoms with Gasteiger partial charge in [0.25, 0.3) is 5.91 Å². The summed E-state index contributed by atoms with van der Waals surface area (Å²) in [6.45, 7) is 7.82. The van der Waals surface area contributed by atoms with Crippen LogP contribution in [-0.2, 0) is 47.7 Å². The van der Waals surface area contributed by atoms with Crippen LogP contribution in [0.25, 0.3) is 5.57 Å². The van der Waals surface area contributed by atoms with Crippen molar-refractivity contribution in [2.45, 2.75) is 46.6 Å². The third-order valence-electron chi connectivity index (χ3n) is 7.60. The van der Waals surface area contributed by atoms with E-state index in [0.29, 0.717) is 24.4 Å². The number of anilines is 1. The Morgan fingerprint density at radius 3 is 2.04 bits per heavy atom. The molecule has 14 heteroatoms. The van der Waals surface area contributed by atoms with Gasteiger partial charge >= 0.3 is 11.9 Å². The van der Waals surface area contributed by atoms with Crippen LogP contribution in [-0.4, -0.2) is 97.1 Å². The van der Waals surface area contributed by atoms with E-state index in [1.54, 1.807) is 31.2 Å². The van der Waals surface area contributed by atoms with E-state index in [1.165, 1.54) is 12.1 Å². The highest BCUT2D eigenvalue weighted by molar-refractivity contribution is 6.43. The maximum Gasteiger partial charge on any atom is 0.306 e. The van der Waals surface area contributed by atoms with Crippen LogP contribution >= 0.6 is 0 Å². The van der Waals surface area contributed by atoms with E-state index < -0.39 is 35.2 Å². The largest absolute Gasteiger partial charge is 0.506 e. The van der Waals surface area contributed by atoms with E-state index in [1.807, 2.05) is 25.7 Å². The molecule has 0 saturated carbocycles. The van der Waals surface area contributed by atoms with E-state index in [9.17, 15) is 33.9 Å². The first kappa shape index (κ1) is 35.3. The number of methoxy groups -OCH3 is 1. The average Bonchev–Trinajstić information content (AvgIpc) is 3.35. The van der Waals surface area contributed by atoms with Gasteiger partial charge in [0.1, 0.15) is 25.6 Å². The number of allylic oxidation sites excluding steroid dienone is 4. The van der Waals surface area contributed by atoms with Crippen molar-refractivity contribution in [3.63, 3.8) is 0 Å². The summed E-state index contributed by atoms with van der Waals surface area (Å²) in [6.07, 6.45) is 1.61. The summed E-state index contributed by atoms with van der Waals surface area (Å²) >= 11 is 0. The van der Waals surface area contributed by atoms with Gasteiger partial charge in [-0.3, -0.25) is 28.8 Å². The van der Waals surface area contributed by atoms with Crippen molar-refractivity contribution >= 4 is 52.2 Å². The highest BCUT2D eigenvalue weighted by Crippen LogP contribution is 2.40. The highest BCUT2D eigenvalue weighted by atomic mass is 16.6. The minimum atomic E-state index is -0.655. The topological polar surface area (TPSA) is 178 Å². The number of hydrogen-bond donors (Lipinski definition) is 1. The van der Waals surface area contributed by atoms with Gasteiger partial charge in [-0.2, -0.15) is 5.10 Å². The van der Waals surface area contributed by atoms with Gasteiger partial charge in [-0.05, 0) is 45.4 Å². The Morgan fingerprint density at radius 1 is 0.875 bits per heavy atom. The van der Waals surface area contributed by atoms with Crippen LogP contribution in [0.1, 0.15) is 46.1 Å². The van der Waals surface area contributed by atoms with Gasteiger partial charge in [-0.15, -0.1) is 0 Å². The van der Waals surface area contributed by atoms with Crippen molar-refractivity contribution in [3.05, 3.63) is 70.4 Å². The summed E-state index contributed by atoms with van der Waals surface area (Å²) in [7, 11) is 1.27. The molecule has 1 aromatic carbocycles. The number of ketones is 3. The molecule has 1 heterocycles. The number of benzene rings is 1. The molecule has 0 bridgehead atoms. The Morgan fingerprint density at radius 2 is 1.48 bits per heavy atom. The lowest BCUT2D eigenvalue weighted by Gasteiger charge is -2.25. The molecule has 1 aliphatic heterocycles. The molecule has 2 aliphatic carbocycles. The quantitative estimate of drug-likeness (QED) is 0.126. The summed E-state index contributed by atoms with van der Waals surface area (Å²) in [6, 6.07) is 6.75. The molecular weight excluding hydrogens is 626 g/mol. The number of rotatable bonds is 15. The number of amides is 1. The molecule has 48 heavy (non-hydrogen) atoms. The van der Waals surface area contributed by atoms with Gasteiger partial charge in [0, 0.05) is 24.4 Å². The molecule has 0 fully saturated rings. The molecule has 0 spiro atoms. The number of esters is 2. The van der Waals surface area contributed by atoms with Crippen LogP contribution in [0.15, 0.2) is 69.9 Å². The fraction of sp³-hybridized carbons (Fsp3) is 0.382. The molecule has 0 atom stereocenters. The number of aliphatic hydroxyl groups excluding tert-OH is 1. The Kier molecular flexibility index (Phi) is 11.3. The first-order valence-electron chi connectivity index (χ1n) is 15.3. The number of carbonyl (C=O) groups is 6. The monoisotopic (exact) mass is 663 g/mol. The van der Waals surface area contributed by atoms with Crippen molar-refractivity contribution in [1.29, 1.82) is 0 Å². The van der Waals surface area contributed by atoms with Crippen molar-refractivity contribution < 1.29 is 52.8 Å². The van der Waals surface area contributed by atoms with Crippen molar-refractivity contribution in [1.82, 2.24) is 5.01 Å². The summed E-state index contributed by atoms with van der Waals surface area (Å²) in [5.41, 5.74) is 1.89. The number of likely N-dealkylation sites (N-methyl/N-ethyl adjacent to an activating group) is 1. The number of Topliss-reactive ketones (excluding diaryl/α,β-unsaturated/α-hetero) is 1. The minimum Gasteiger partial charge on any atom is -0.506 e. The third-order valence-corrected chi connectivity index (χ3v) is 7.60. The smallest absolute Gasteiger partial charge is 0.306 e. The zero-order valence-electron chi connectivity index (χ0n) is 27.4. The van der Waals surface area contributed by atoms with Gasteiger partial charge in [0.05, 0.1) is 55.0 Å². The molecular formula is C34H37N3O11. The number of nitrogens with zero attached hydrogens (tertiary/aromatic N) is 3. The zero-order chi connectivity index (χ0) is 35.1. The van der Waals surface area contributed by atoms with Crippen LogP contribution < -0.4 is 4.90 Å². The van der Waals surface area contributed by atoms with E-state index in [4.69, 9.17) is 18.9 Å². The van der Waals surface area contributed by atoms with E-state index in [0.717, 1.165) is 17.8 Å². The van der Waals surface area contributed by atoms with Gasteiger partial charge < -0.3 is 29.0 Å². The number of aliphatic hydroxyl groups is 1. The fourth-order valence-electron chi connectivity index (χ4n) is 5.10. The normalized spacial score (nSPS) is 17.6. The number of carbonyl (C=O) groups excluding carboxylic acids is 6. The van der Waals surface area contributed by atoms with Gasteiger partial charge in [-0.1, -0.05) is 12.1 Å². The van der Waals surface area contributed by atoms with Crippen molar-refractivity contribution in [2.24, 2.45) is 5.10 Å². The van der Waals surface area contributed by atoms with E-state index in [2.05, 4.69) is 5.10 Å². The maximum absolute atomic E-state index is 13.0. The number of hydrazone groups is 1. The standard InChI is InChI=1S/C34H37N3O11/c1-6-36(13-14-47-27(40)11-12-28(41)48-16-15-46-26-18-23(38)25(45-5)17-24(26)39)22-9-7-21(8-10-22)30-32(42)31(33(30)43)29-20(4)35-37(19(2)3)34(29)44/h7-10,17-19,42H,6,11-16H2,1-5H3/b31-29+. The predicted molar refractivity (Wildman–Crippen MR) is 171 cm³/mol. The second-order valence-electron chi connectivity index (χ2n) is 11.1. The van der Waals surface area contributed by atoms with Crippen LogP contribution in [0.2, 0.25) is 0 Å². The second-order valence-corrected chi connectivity index (χ2v) is 11.1. The molecule has 14 nitrogen and oxygen atoms in total. The lowest BCUT2D eigenvalue weighted by molar-refractivity contribution is -0.150. The lowest BCUT2D eigenvalue weighted by Crippen LogP contribution is -2.32. The molecule has 3 aliphatic rings. The van der Waals surface area contributed by atoms with Crippen LogP contribution in [0.3, 0.4) is 0 Å². The summed E-state index contributed by atoms with van der Waals surface area (Å²) < 4.78 is 20.3. The Balaban J connectivity index is 1.20. The van der Waals surface area contributed by atoms with Gasteiger partial charge in [0.15, 0.2) is 11.5 Å². The van der Waals surface area contributed by atoms with Crippen LogP contribution in [0.4, 0.5) is 5.69 Å². The SMILES string of the molecule is CCN(CCOC(=O)CCC(=O)OCCOC1=CC(=O)C(OC)=CC1=O)c1ccc(C2=C(O)/C(=C3\C(=O)N(C(C)C)N=C3C)C2=O)cc1. The van der Waals surface area contributed by atoms with Crippen molar-refractivity contribution in [2.75, 3.05) is 44.9 Å². The Labute approximate surface area is 276 Å². The first-order valence-corrected chi connectivity index (χ1v) is 15.3. The fourth-order valence-corrected chi connectivity index (χ4v) is 5.10. The molecule has 0 saturated heterocycles. The van der Waals surface area contributed by atoms with Gasteiger partial charge in [-0.25, -0.2) is 5.01 Å². The summed E-state index contributed by atoms with van der Waals surface area (Å²) in [5.74, 6) is -3.66. The number of ether oxygens (including phenoxy) is 4. The highest BCUT2D eigenvalue weighted by Gasteiger charge is 2.43. The Bertz CT molecular complexity index is 1680. The second kappa shape index (κ2) is 15.4. The summed E-state index contributed by atoms with van der Waals surface area (Å²) in [5, 5.41) is 16.3. The summed E-state index contributed by atoms with van der Waals surface area (Å²) in [4.78, 5) is 75.6. The molecule has 254 valence electrons. The van der Waals surface area contributed by atoms with Crippen LogP contribution in [0.5, 0.6) is 0 Å². The average molecular weight is 664 g/mol. The molecule has 1 N–H and O–H groups in total. The molecule has 0 unspecified atom stereocenters. The molecule has 4 rings (SSSR count). The number of hydrogen-bond acceptors (Lipinski definition) is 13. The van der Waals surface area contributed by atoms with E-state index >= 15 is 0 Å². The molecule has 1 amide bonds. The molecule has 1 aromatic rings. The minimum absolute atomic E-state index is 0.0220. The third kappa shape index (κ3) is 7.70. The molecule has 0 radical (unpaired) electrons. The van der Waals surface area contributed by atoms with Crippen molar-refractivity contribution in [3.8, 4) is 0 Å². The first-order chi connectivity index (χ1) is 22.9. The predicted octanol–water partition coefficient (Wildman–Crippen LogP) is 2.74. The van der Waals surface area contributed by atoms with Crippen LogP contribution in [0, 0.1) is 0 Å². The maximum atomic E-state index is 13.0.